The second-order valence-electron chi connectivity index (χ2n) is 12.8. The van der Waals surface area contributed by atoms with E-state index >= 15 is 0 Å². The van der Waals surface area contributed by atoms with Gasteiger partial charge in [-0.3, -0.25) is 15.2 Å². The monoisotopic (exact) mass is 633 g/mol. The number of carbonyl (C=O) groups excluding carboxylic acids is 1. The van der Waals surface area contributed by atoms with Gasteiger partial charge in [0, 0.05) is 18.5 Å². The molecule has 12 nitrogen and oxygen atoms in total. The minimum Gasteiger partial charge on any atom is -0.459 e. The first-order valence-corrected chi connectivity index (χ1v) is 15.9. The quantitative estimate of drug-likeness (QED) is 0.129. The van der Waals surface area contributed by atoms with Crippen LogP contribution in [0, 0.1) is 17.3 Å². The average molecular weight is 634 g/mol. The van der Waals surface area contributed by atoms with Crippen LogP contribution in [0.2, 0.25) is 5.15 Å². The molecule has 3 N–H and O–H groups in total. The van der Waals surface area contributed by atoms with Gasteiger partial charge in [-0.05, 0) is 72.3 Å². The predicted molar refractivity (Wildman–Crippen MR) is 162 cm³/mol. The van der Waals surface area contributed by atoms with Gasteiger partial charge in [-0.15, -0.1) is 10.2 Å². The molecule has 0 aliphatic heterocycles. The Balaban J connectivity index is 1.11. The Morgan fingerprint density at radius 2 is 1.93 bits per heavy atom. The first kappa shape index (κ1) is 30.0. The molecule has 0 amide bonds. The van der Waals surface area contributed by atoms with Crippen molar-refractivity contribution in [2.24, 2.45) is 17.3 Å². The number of esters is 1. The number of rotatable bonds is 12. The fraction of sp³-hybridized carbons (Fsp3) is 0.469. The number of unbranched alkanes of at least 4 members (excludes halogenated alkanes) is 1. The fourth-order valence-corrected chi connectivity index (χ4v) is 8.49. The summed E-state index contributed by atoms with van der Waals surface area (Å²) >= 11 is 6.71. The molecular formula is C32H36ClN7O5. The third-order valence-corrected chi connectivity index (χ3v) is 10.3. The maximum absolute atomic E-state index is 13.8. The van der Waals surface area contributed by atoms with Gasteiger partial charge < -0.3 is 9.30 Å². The lowest BCUT2D eigenvalue weighted by molar-refractivity contribution is -0.523. The molecule has 13 heteroatoms. The number of aromatic nitrogens is 6. The maximum Gasteiger partial charge on any atom is 0.312 e. The molecular weight excluding hydrogens is 598 g/mol. The van der Waals surface area contributed by atoms with Crippen LogP contribution in [0.5, 0.6) is 0 Å². The van der Waals surface area contributed by atoms with E-state index in [1.54, 1.807) is 0 Å². The second-order valence-corrected chi connectivity index (χ2v) is 13.1. The van der Waals surface area contributed by atoms with E-state index < -0.39 is 11.0 Å². The molecule has 4 saturated carbocycles. The van der Waals surface area contributed by atoms with E-state index in [1.165, 1.54) is 0 Å². The fourth-order valence-electron chi connectivity index (χ4n) is 8.23. The lowest BCUT2D eigenvalue weighted by atomic mass is 9.73. The summed E-state index contributed by atoms with van der Waals surface area (Å²) in [5, 5.41) is 33.4. The zero-order valence-corrected chi connectivity index (χ0v) is 25.8. The van der Waals surface area contributed by atoms with Crippen molar-refractivity contribution in [1.29, 1.82) is 0 Å². The molecule has 8 rings (SSSR count). The predicted octanol–water partition coefficient (Wildman–Crippen LogP) is 5.78. The molecule has 2 aromatic heterocycles. The molecule has 0 saturated heterocycles. The Morgan fingerprint density at radius 1 is 1.13 bits per heavy atom. The van der Waals surface area contributed by atoms with E-state index in [2.05, 4.69) is 61.4 Å². The van der Waals surface area contributed by atoms with Crippen LogP contribution in [-0.4, -0.2) is 57.5 Å². The highest BCUT2D eigenvalue weighted by Gasteiger charge is 2.69. The van der Waals surface area contributed by atoms with Gasteiger partial charge in [0.1, 0.15) is 12.4 Å². The minimum absolute atomic E-state index is 0.00602. The summed E-state index contributed by atoms with van der Waals surface area (Å²) in [7, 11) is 0. The molecule has 236 valence electrons. The topological polar surface area (TPSA) is 152 Å². The number of nitrogens with one attached hydrogen (secondary N) is 1. The lowest BCUT2D eigenvalue weighted by Crippen LogP contribution is -2.44. The number of H-pyrrole nitrogens is 1. The molecule has 4 aliphatic rings. The molecule has 4 atom stereocenters. The van der Waals surface area contributed by atoms with E-state index in [1.807, 2.05) is 24.3 Å². The third kappa shape index (κ3) is 5.55. The number of benzene rings is 2. The Labute approximate surface area is 265 Å². The van der Waals surface area contributed by atoms with Crippen molar-refractivity contribution in [1.82, 2.24) is 35.6 Å². The Hall–Kier alpha value is -3.68. The van der Waals surface area contributed by atoms with Crippen LogP contribution in [-0.2, 0) is 33.9 Å². The van der Waals surface area contributed by atoms with Crippen molar-refractivity contribution in [3.8, 4) is 22.5 Å². The zero-order chi connectivity index (χ0) is 31.2. The molecule has 0 radical (unpaired) electrons. The number of tetrazole rings is 1. The van der Waals surface area contributed by atoms with E-state index in [9.17, 15) is 15.2 Å². The minimum atomic E-state index is -0.751. The molecule has 4 fully saturated rings. The number of hydrogen-bond donors (Lipinski definition) is 3. The van der Waals surface area contributed by atoms with Crippen LogP contribution >= 0.6 is 11.6 Å². The number of halogens is 1. The van der Waals surface area contributed by atoms with E-state index in [-0.39, 0.29) is 23.9 Å². The second kappa shape index (κ2) is 11.9. The average Bonchev–Trinajstić information content (AvgIpc) is 3.76. The van der Waals surface area contributed by atoms with Gasteiger partial charge in [-0.2, -0.15) is 5.21 Å². The Morgan fingerprint density at radius 3 is 2.67 bits per heavy atom. The number of hydrogen-bond acceptors (Lipinski definition) is 10. The van der Waals surface area contributed by atoms with E-state index in [0.717, 1.165) is 60.2 Å². The van der Waals surface area contributed by atoms with Crippen molar-refractivity contribution in [2.75, 3.05) is 0 Å². The van der Waals surface area contributed by atoms with Gasteiger partial charge in [0.2, 0.25) is 5.82 Å². The van der Waals surface area contributed by atoms with Gasteiger partial charge in [-0.1, -0.05) is 73.5 Å². The number of aromatic amines is 1. The Kier molecular flexibility index (Phi) is 7.95. The first-order valence-electron chi connectivity index (χ1n) is 15.5. The standard InChI is InChI=1S/C32H36ClN7O5/c1-2-3-8-27-34-28(33)26(18-44-30(41)32-15-21-13-23(32)16-31(14-21,19-32)45-40(42)43)39(27)17-20-9-11-22(12-10-20)24-6-4-5-7-25(24)29-35-37-38-36-29/h4-7,9-12,21,23,42-43H,2-3,8,13-19H2,1H3,(H,35,36,37,38). The van der Waals surface area contributed by atoms with Gasteiger partial charge in [0.15, 0.2) is 5.15 Å². The van der Waals surface area contributed by atoms with Crippen LogP contribution in [0.4, 0.5) is 0 Å². The van der Waals surface area contributed by atoms with Crippen molar-refractivity contribution in [3.63, 3.8) is 0 Å². The normalized spacial score (nSPS) is 25.0. The maximum atomic E-state index is 13.8. The summed E-state index contributed by atoms with van der Waals surface area (Å²) in [4.78, 5) is 23.8. The molecule has 2 heterocycles. The highest BCUT2D eigenvalue weighted by Crippen LogP contribution is 2.68. The molecule has 4 unspecified atom stereocenters. The molecule has 4 bridgehead atoms. The first-order chi connectivity index (χ1) is 21.8. The van der Waals surface area contributed by atoms with Gasteiger partial charge in [0.05, 0.1) is 22.1 Å². The van der Waals surface area contributed by atoms with Crippen molar-refractivity contribution < 1.29 is 24.8 Å². The van der Waals surface area contributed by atoms with Crippen LogP contribution in [0.1, 0.15) is 69.0 Å². The van der Waals surface area contributed by atoms with Crippen molar-refractivity contribution in [3.05, 3.63) is 70.8 Å². The zero-order valence-electron chi connectivity index (χ0n) is 25.0. The van der Waals surface area contributed by atoms with Crippen molar-refractivity contribution >= 4 is 17.6 Å². The summed E-state index contributed by atoms with van der Waals surface area (Å²) in [6, 6.07) is 16.2. The van der Waals surface area contributed by atoms with Crippen LogP contribution in [0.25, 0.3) is 22.5 Å². The summed E-state index contributed by atoms with van der Waals surface area (Å²) in [6.45, 7) is 2.66. The van der Waals surface area contributed by atoms with E-state index in [0.29, 0.717) is 48.4 Å². The summed E-state index contributed by atoms with van der Waals surface area (Å²) in [6.07, 6.45) is 6.10. The van der Waals surface area contributed by atoms with E-state index in [4.69, 9.17) is 21.2 Å². The lowest BCUT2D eigenvalue weighted by Gasteiger charge is -2.39. The molecule has 4 aromatic rings. The highest BCUT2D eigenvalue weighted by molar-refractivity contribution is 6.30. The van der Waals surface area contributed by atoms with Crippen LogP contribution < -0.4 is 0 Å². The van der Waals surface area contributed by atoms with Gasteiger partial charge >= 0.3 is 5.97 Å². The number of ether oxygens (including phenoxy) is 1. The van der Waals surface area contributed by atoms with Crippen molar-refractivity contribution in [2.45, 2.75) is 77.0 Å². The highest BCUT2D eigenvalue weighted by atomic mass is 35.5. The number of nitrogens with zero attached hydrogens (tertiary/aromatic N) is 6. The summed E-state index contributed by atoms with van der Waals surface area (Å²) in [5.41, 5.74) is 3.19. The number of aryl methyl sites for hydroxylation is 1. The van der Waals surface area contributed by atoms with Crippen LogP contribution in [0.15, 0.2) is 48.5 Å². The SMILES string of the molecule is CCCCc1nc(Cl)c(COC(=O)C23CC4CC2CC(ON(O)O)(C4)C3)n1Cc1ccc(-c2ccccc2-c2nn[nH]n2)cc1. The molecule has 2 aromatic carbocycles. The number of imidazole rings is 1. The molecule has 4 aliphatic carbocycles. The smallest absolute Gasteiger partial charge is 0.312 e. The number of carbonyl (C=O) groups is 1. The largest absolute Gasteiger partial charge is 0.459 e. The third-order valence-electron chi connectivity index (χ3n) is 9.97. The Bertz CT molecular complexity index is 1670. The van der Waals surface area contributed by atoms with Gasteiger partial charge in [-0.25, -0.2) is 9.82 Å². The summed E-state index contributed by atoms with van der Waals surface area (Å²) < 4.78 is 8.11. The molecule has 0 spiro atoms. The summed E-state index contributed by atoms with van der Waals surface area (Å²) in [5.74, 6) is 1.50. The van der Waals surface area contributed by atoms with Gasteiger partial charge in [0.25, 0.3) is 0 Å². The molecule has 45 heavy (non-hydrogen) atoms. The van der Waals surface area contributed by atoms with Crippen LogP contribution in [0.3, 0.4) is 0 Å².